The fourth-order valence-corrected chi connectivity index (χ4v) is 2.26. The first kappa shape index (κ1) is 16.7. The summed E-state index contributed by atoms with van der Waals surface area (Å²) in [6.45, 7) is 3.87. The molecule has 1 aromatic carbocycles. The lowest BCUT2D eigenvalue weighted by atomic mass is 10.2. The van der Waals surface area contributed by atoms with Gasteiger partial charge in [0.15, 0.2) is 12.4 Å². The minimum absolute atomic E-state index is 0.0921. The van der Waals surface area contributed by atoms with Crippen molar-refractivity contribution in [3.8, 4) is 0 Å². The summed E-state index contributed by atoms with van der Waals surface area (Å²) in [5.74, 6) is -0.213. The Labute approximate surface area is 136 Å². The Balaban J connectivity index is 1.90. The molecule has 1 aromatic heterocycles. The number of hydrogen-bond acceptors (Lipinski definition) is 2. The van der Waals surface area contributed by atoms with E-state index in [1.165, 1.54) is 12.5 Å². The zero-order valence-electron chi connectivity index (χ0n) is 13.5. The van der Waals surface area contributed by atoms with Crippen molar-refractivity contribution >= 4 is 23.2 Å². The number of rotatable bonds is 6. The third-order valence-corrected chi connectivity index (χ3v) is 3.31. The van der Waals surface area contributed by atoms with Gasteiger partial charge in [-0.1, -0.05) is 13.3 Å². The molecule has 2 N–H and O–H groups in total. The van der Waals surface area contributed by atoms with Gasteiger partial charge in [-0.05, 0) is 36.2 Å². The van der Waals surface area contributed by atoms with Crippen molar-refractivity contribution in [1.29, 1.82) is 0 Å². The Hall–Kier alpha value is -2.69. The number of aryl methyl sites for hydroxylation is 1. The van der Waals surface area contributed by atoms with Gasteiger partial charge in [-0.3, -0.25) is 9.59 Å². The van der Waals surface area contributed by atoms with Gasteiger partial charge in [-0.2, -0.15) is 4.57 Å². The Morgan fingerprint density at radius 3 is 2.04 bits per heavy atom. The highest BCUT2D eigenvalue weighted by Crippen LogP contribution is 2.13. The number of amides is 2. The largest absolute Gasteiger partial charge is 0.326 e. The zero-order chi connectivity index (χ0) is 16.7. The lowest BCUT2D eigenvalue weighted by Crippen LogP contribution is -2.39. The fourth-order valence-electron chi connectivity index (χ4n) is 2.26. The quantitative estimate of drug-likeness (QED) is 0.805. The molecule has 0 aliphatic rings. The van der Waals surface area contributed by atoms with Crippen molar-refractivity contribution in [2.45, 2.75) is 33.2 Å². The Bertz CT molecular complexity index is 664. The molecule has 0 aliphatic heterocycles. The number of pyridine rings is 1. The molecule has 0 fully saturated rings. The van der Waals surface area contributed by atoms with Gasteiger partial charge < -0.3 is 10.6 Å². The molecule has 0 saturated heterocycles. The Morgan fingerprint density at radius 2 is 1.52 bits per heavy atom. The maximum Gasteiger partial charge on any atom is 0.290 e. The monoisotopic (exact) mass is 312 g/mol. The molecule has 0 unspecified atom stereocenters. The summed E-state index contributed by atoms with van der Waals surface area (Å²) >= 11 is 0. The maximum absolute atomic E-state index is 12.1. The first-order chi connectivity index (χ1) is 11.1. The molecule has 2 amide bonds. The number of carbonyl (C=O) groups is 2. The molecule has 0 aliphatic carbocycles. The first-order valence-electron chi connectivity index (χ1n) is 7.72. The number of carbonyl (C=O) groups excluding carboxylic acids is 2. The highest BCUT2D eigenvalue weighted by molar-refractivity contribution is 5.91. The zero-order valence-corrected chi connectivity index (χ0v) is 13.5. The van der Waals surface area contributed by atoms with E-state index in [0.29, 0.717) is 11.4 Å². The van der Waals surface area contributed by atoms with Crippen LogP contribution >= 0.6 is 0 Å². The third-order valence-electron chi connectivity index (χ3n) is 3.31. The van der Waals surface area contributed by atoms with E-state index >= 15 is 0 Å². The van der Waals surface area contributed by atoms with Crippen LogP contribution < -0.4 is 15.2 Å². The van der Waals surface area contributed by atoms with Crippen LogP contribution in [0.3, 0.4) is 0 Å². The van der Waals surface area contributed by atoms with Gasteiger partial charge in [0.2, 0.25) is 12.5 Å². The smallest absolute Gasteiger partial charge is 0.290 e. The maximum atomic E-state index is 12.1. The van der Waals surface area contributed by atoms with Gasteiger partial charge in [-0.15, -0.1) is 0 Å². The van der Waals surface area contributed by atoms with Gasteiger partial charge in [-0.25, -0.2) is 0 Å². The minimum Gasteiger partial charge on any atom is -0.326 e. The van der Waals surface area contributed by atoms with Crippen LogP contribution in [-0.4, -0.2) is 11.8 Å². The van der Waals surface area contributed by atoms with Crippen LogP contribution in [0.4, 0.5) is 11.4 Å². The van der Waals surface area contributed by atoms with Crippen LogP contribution in [0.1, 0.15) is 25.8 Å². The van der Waals surface area contributed by atoms with Gasteiger partial charge in [0.1, 0.15) is 0 Å². The molecular formula is C18H22N3O2+. The van der Waals surface area contributed by atoms with E-state index < -0.39 is 0 Å². The van der Waals surface area contributed by atoms with E-state index in [0.717, 1.165) is 12.8 Å². The van der Waals surface area contributed by atoms with Crippen molar-refractivity contribution in [1.82, 2.24) is 0 Å². The van der Waals surface area contributed by atoms with E-state index in [2.05, 4.69) is 17.6 Å². The van der Waals surface area contributed by atoms with E-state index in [4.69, 9.17) is 0 Å². The lowest BCUT2D eigenvalue weighted by molar-refractivity contribution is -0.684. The van der Waals surface area contributed by atoms with Crippen LogP contribution in [0.15, 0.2) is 48.8 Å². The molecule has 0 saturated carbocycles. The number of nitrogens with zero attached hydrogens (tertiary/aromatic N) is 1. The molecule has 0 bridgehead atoms. The lowest BCUT2D eigenvalue weighted by Gasteiger charge is -2.06. The Morgan fingerprint density at radius 1 is 0.957 bits per heavy atom. The molecule has 0 atom stereocenters. The van der Waals surface area contributed by atoms with Gasteiger partial charge >= 0.3 is 0 Å². The van der Waals surface area contributed by atoms with Crippen molar-refractivity contribution in [3.05, 3.63) is 54.4 Å². The fraction of sp³-hybridized carbons (Fsp3) is 0.278. The summed E-state index contributed by atoms with van der Waals surface area (Å²) < 4.78 is 1.85. The predicted octanol–water partition coefficient (Wildman–Crippen LogP) is 2.52. The second kappa shape index (κ2) is 8.08. The number of aromatic nitrogens is 1. The third kappa shape index (κ3) is 5.54. The molecule has 23 heavy (non-hydrogen) atoms. The predicted molar refractivity (Wildman–Crippen MR) is 90.0 cm³/mol. The highest BCUT2D eigenvalue weighted by Gasteiger charge is 2.09. The van der Waals surface area contributed by atoms with Crippen LogP contribution in [0, 0.1) is 0 Å². The van der Waals surface area contributed by atoms with Crippen LogP contribution in [0.25, 0.3) is 0 Å². The molecule has 2 rings (SSSR count). The molecule has 2 aromatic rings. The molecule has 1 heterocycles. The topological polar surface area (TPSA) is 62.1 Å². The summed E-state index contributed by atoms with van der Waals surface area (Å²) in [5, 5.41) is 5.52. The van der Waals surface area contributed by atoms with Gasteiger partial charge in [0.25, 0.3) is 5.91 Å². The number of hydrogen-bond donors (Lipinski definition) is 2. The summed E-state index contributed by atoms with van der Waals surface area (Å²) in [7, 11) is 0. The van der Waals surface area contributed by atoms with Gasteiger partial charge in [0, 0.05) is 30.4 Å². The Kier molecular flexibility index (Phi) is 5.86. The number of nitrogens with one attached hydrogen (secondary N) is 2. The van der Waals surface area contributed by atoms with Gasteiger partial charge in [0.05, 0.1) is 0 Å². The van der Waals surface area contributed by atoms with Crippen LogP contribution in [-0.2, 0) is 22.6 Å². The molecule has 0 radical (unpaired) electrons. The first-order valence-corrected chi connectivity index (χ1v) is 7.72. The summed E-state index contributed by atoms with van der Waals surface area (Å²) in [5.41, 5.74) is 2.68. The second-order valence-corrected chi connectivity index (χ2v) is 5.44. The van der Waals surface area contributed by atoms with Crippen molar-refractivity contribution in [3.63, 3.8) is 0 Å². The van der Waals surface area contributed by atoms with E-state index in [9.17, 15) is 9.59 Å². The minimum atomic E-state index is -0.121. The SMILES string of the molecule is CCCc1cc[n+](CC(=O)Nc2ccc(NC(C)=O)cc2)cc1. The van der Waals surface area contributed by atoms with Crippen molar-refractivity contribution < 1.29 is 14.2 Å². The van der Waals surface area contributed by atoms with Crippen LogP contribution in [0.2, 0.25) is 0 Å². The number of benzene rings is 1. The standard InChI is InChI=1S/C18H21N3O2/c1-3-4-15-9-11-21(12-10-15)13-18(23)20-17-7-5-16(6-8-17)19-14(2)22/h5-12H,3-4,13H2,1-2H3,(H-,19,20,22,23)/p+1. The molecule has 0 spiro atoms. The highest BCUT2D eigenvalue weighted by atomic mass is 16.2. The number of anilines is 2. The summed E-state index contributed by atoms with van der Waals surface area (Å²) in [6, 6.07) is 11.1. The molecule has 5 heteroatoms. The van der Waals surface area contributed by atoms with E-state index in [1.807, 2.05) is 29.1 Å². The molecular weight excluding hydrogens is 290 g/mol. The van der Waals surface area contributed by atoms with Crippen LogP contribution in [0.5, 0.6) is 0 Å². The summed E-state index contributed by atoms with van der Waals surface area (Å²) in [6.07, 6.45) is 6.00. The average Bonchev–Trinajstić information content (AvgIpc) is 2.51. The molecule has 120 valence electrons. The average molecular weight is 312 g/mol. The normalized spacial score (nSPS) is 10.2. The summed E-state index contributed by atoms with van der Waals surface area (Å²) in [4.78, 5) is 23.0. The van der Waals surface area contributed by atoms with Crippen molar-refractivity contribution in [2.75, 3.05) is 10.6 Å². The van der Waals surface area contributed by atoms with E-state index in [1.54, 1.807) is 24.3 Å². The van der Waals surface area contributed by atoms with Crippen molar-refractivity contribution in [2.24, 2.45) is 0 Å². The molecule has 5 nitrogen and oxygen atoms in total. The van der Waals surface area contributed by atoms with E-state index in [-0.39, 0.29) is 18.4 Å². The second-order valence-electron chi connectivity index (χ2n) is 5.44.